The number of H-pyrrole nitrogens is 1. The Morgan fingerprint density at radius 2 is 2.35 bits per heavy atom. The zero-order chi connectivity index (χ0) is 14.5. The third-order valence-corrected chi connectivity index (χ3v) is 2.91. The lowest BCUT2D eigenvalue weighted by Gasteiger charge is -2.05. The molecule has 0 saturated carbocycles. The first-order valence-corrected chi connectivity index (χ1v) is 6.25. The maximum absolute atomic E-state index is 12.0. The van der Waals surface area contributed by atoms with Crippen molar-refractivity contribution in [2.75, 3.05) is 12.8 Å². The largest absolute Gasteiger partial charge is 0.481 e. The fourth-order valence-electron chi connectivity index (χ4n) is 1.77. The van der Waals surface area contributed by atoms with Crippen LogP contribution in [0.1, 0.15) is 28.7 Å². The minimum atomic E-state index is -0.311. The normalized spacial score (nSPS) is 10.3. The molecule has 2 aromatic rings. The Kier molecular flexibility index (Phi) is 4.19. The standard InChI is InChI=1S/C13H17N5O2/c1-3-9-11(14)12(18-17-9)13(19)16-7-8-4-5-15-10(6-8)20-2/h4-6H,3,7,14H2,1-2H3,(H,16,19)(H,17,18). The zero-order valence-electron chi connectivity index (χ0n) is 11.4. The molecule has 20 heavy (non-hydrogen) atoms. The summed E-state index contributed by atoms with van der Waals surface area (Å²) < 4.78 is 5.02. The number of hydrogen-bond donors (Lipinski definition) is 3. The van der Waals surface area contributed by atoms with E-state index < -0.39 is 0 Å². The average Bonchev–Trinajstić information content (AvgIpc) is 2.86. The molecule has 0 spiro atoms. The number of nitrogens with zero attached hydrogens (tertiary/aromatic N) is 2. The van der Waals surface area contributed by atoms with Crippen LogP contribution in [0.4, 0.5) is 5.69 Å². The van der Waals surface area contributed by atoms with E-state index in [4.69, 9.17) is 10.5 Å². The number of aryl methyl sites for hydroxylation is 1. The SMILES string of the molecule is CCc1[nH]nc(C(=O)NCc2ccnc(OC)c2)c1N. The highest BCUT2D eigenvalue weighted by Crippen LogP contribution is 2.14. The molecule has 1 amide bonds. The number of rotatable bonds is 5. The number of nitrogens with one attached hydrogen (secondary N) is 2. The van der Waals surface area contributed by atoms with Crippen molar-refractivity contribution in [3.8, 4) is 5.88 Å². The molecule has 106 valence electrons. The van der Waals surface area contributed by atoms with Gasteiger partial charge in [0.25, 0.3) is 5.91 Å². The van der Waals surface area contributed by atoms with Crippen molar-refractivity contribution >= 4 is 11.6 Å². The van der Waals surface area contributed by atoms with Crippen molar-refractivity contribution in [2.45, 2.75) is 19.9 Å². The van der Waals surface area contributed by atoms with Gasteiger partial charge in [-0.2, -0.15) is 5.10 Å². The number of anilines is 1. The van der Waals surface area contributed by atoms with Crippen molar-refractivity contribution in [3.63, 3.8) is 0 Å². The highest BCUT2D eigenvalue weighted by molar-refractivity contribution is 5.97. The quantitative estimate of drug-likeness (QED) is 0.751. The van der Waals surface area contributed by atoms with Gasteiger partial charge in [-0.05, 0) is 18.1 Å². The van der Waals surface area contributed by atoms with Crippen molar-refractivity contribution in [1.29, 1.82) is 0 Å². The number of hydrogen-bond acceptors (Lipinski definition) is 5. The number of pyridine rings is 1. The van der Waals surface area contributed by atoms with Gasteiger partial charge in [-0.25, -0.2) is 4.98 Å². The first-order chi connectivity index (χ1) is 9.65. The number of methoxy groups -OCH3 is 1. The monoisotopic (exact) mass is 275 g/mol. The zero-order valence-corrected chi connectivity index (χ0v) is 11.4. The van der Waals surface area contributed by atoms with E-state index in [1.165, 1.54) is 0 Å². The lowest BCUT2D eigenvalue weighted by atomic mass is 10.2. The van der Waals surface area contributed by atoms with Crippen LogP contribution in [-0.4, -0.2) is 28.2 Å². The number of nitrogens with two attached hydrogens (primary N) is 1. The van der Waals surface area contributed by atoms with Gasteiger partial charge in [0, 0.05) is 18.8 Å². The number of aromatic amines is 1. The van der Waals surface area contributed by atoms with Crippen molar-refractivity contribution < 1.29 is 9.53 Å². The summed E-state index contributed by atoms with van der Waals surface area (Å²) in [6.07, 6.45) is 2.33. The average molecular weight is 275 g/mol. The van der Waals surface area contributed by atoms with E-state index >= 15 is 0 Å². The topological polar surface area (TPSA) is 106 Å². The molecule has 2 heterocycles. The van der Waals surface area contributed by atoms with Gasteiger partial charge in [0.1, 0.15) is 0 Å². The number of carbonyl (C=O) groups is 1. The van der Waals surface area contributed by atoms with Gasteiger partial charge in [-0.15, -0.1) is 0 Å². The van der Waals surface area contributed by atoms with Crippen molar-refractivity contribution in [1.82, 2.24) is 20.5 Å². The van der Waals surface area contributed by atoms with Gasteiger partial charge in [0.15, 0.2) is 5.69 Å². The van der Waals surface area contributed by atoms with Gasteiger partial charge < -0.3 is 15.8 Å². The predicted octanol–water partition coefficient (Wildman–Crippen LogP) is 0.888. The van der Waals surface area contributed by atoms with Crippen LogP contribution in [0.3, 0.4) is 0 Å². The molecule has 0 aliphatic rings. The molecular weight excluding hydrogens is 258 g/mol. The maximum Gasteiger partial charge on any atom is 0.274 e. The minimum absolute atomic E-state index is 0.225. The van der Waals surface area contributed by atoms with Crippen molar-refractivity contribution in [3.05, 3.63) is 35.3 Å². The number of aromatic nitrogens is 3. The summed E-state index contributed by atoms with van der Waals surface area (Å²) in [6, 6.07) is 3.56. The van der Waals surface area contributed by atoms with Gasteiger partial charge in [0.2, 0.25) is 5.88 Å². The number of nitrogen functional groups attached to an aromatic ring is 1. The fraction of sp³-hybridized carbons (Fsp3) is 0.308. The van der Waals surface area contributed by atoms with E-state index in [0.717, 1.165) is 11.3 Å². The Hall–Kier alpha value is -2.57. The van der Waals surface area contributed by atoms with Crippen LogP contribution in [0.5, 0.6) is 5.88 Å². The summed E-state index contributed by atoms with van der Waals surface area (Å²) in [5, 5.41) is 9.45. The fourth-order valence-corrected chi connectivity index (χ4v) is 1.77. The van der Waals surface area contributed by atoms with Crippen LogP contribution in [-0.2, 0) is 13.0 Å². The Morgan fingerprint density at radius 1 is 1.55 bits per heavy atom. The predicted molar refractivity (Wildman–Crippen MR) is 74.3 cm³/mol. The molecule has 0 bridgehead atoms. The smallest absolute Gasteiger partial charge is 0.274 e. The molecule has 0 radical (unpaired) electrons. The lowest BCUT2D eigenvalue weighted by molar-refractivity contribution is 0.0946. The van der Waals surface area contributed by atoms with Crippen LogP contribution in [0.15, 0.2) is 18.3 Å². The van der Waals surface area contributed by atoms with Gasteiger partial charge in [-0.1, -0.05) is 6.92 Å². The number of ether oxygens (including phenoxy) is 1. The van der Waals surface area contributed by atoms with Gasteiger partial charge in [-0.3, -0.25) is 9.89 Å². The van der Waals surface area contributed by atoms with Gasteiger partial charge in [0.05, 0.1) is 18.5 Å². The molecule has 2 aromatic heterocycles. The molecule has 0 saturated heterocycles. The number of carbonyl (C=O) groups excluding carboxylic acids is 1. The molecule has 0 atom stereocenters. The summed E-state index contributed by atoms with van der Waals surface area (Å²) >= 11 is 0. The maximum atomic E-state index is 12.0. The first-order valence-electron chi connectivity index (χ1n) is 6.25. The first kappa shape index (κ1) is 13.9. The highest BCUT2D eigenvalue weighted by Gasteiger charge is 2.15. The molecule has 0 aliphatic carbocycles. The molecule has 7 nitrogen and oxygen atoms in total. The lowest BCUT2D eigenvalue weighted by Crippen LogP contribution is -2.24. The van der Waals surface area contributed by atoms with E-state index in [2.05, 4.69) is 20.5 Å². The van der Waals surface area contributed by atoms with E-state index in [1.54, 1.807) is 25.4 Å². The Morgan fingerprint density at radius 3 is 3.00 bits per heavy atom. The van der Waals surface area contributed by atoms with E-state index in [9.17, 15) is 4.79 Å². The molecule has 0 fully saturated rings. The summed E-state index contributed by atoms with van der Waals surface area (Å²) in [7, 11) is 1.54. The van der Waals surface area contributed by atoms with Crippen LogP contribution < -0.4 is 15.8 Å². The second-order valence-electron chi connectivity index (χ2n) is 4.21. The van der Waals surface area contributed by atoms with Crippen LogP contribution in [0, 0.1) is 0 Å². The van der Waals surface area contributed by atoms with Crippen LogP contribution in [0.2, 0.25) is 0 Å². The van der Waals surface area contributed by atoms with Gasteiger partial charge >= 0.3 is 0 Å². The molecule has 0 unspecified atom stereocenters. The molecule has 7 heteroatoms. The van der Waals surface area contributed by atoms with Crippen LogP contribution >= 0.6 is 0 Å². The molecule has 0 aromatic carbocycles. The third kappa shape index (κ3) is 2.87. The number of amides is 1. The van der Waals surface area contributed by atoms with Crippen molar-refractivity contribution in [2.24, 2.45) is 0 Å². The molecular formula is C13H17N5O2. The van der Waals surface area contributed by atoms with E-state index in [0.29, 0.717) is 24.5 Å². The van der Waals surface area contributed by atoms with E-state index in [-0.39, 0.29) is 11.6 Å². The molecule has 4 N–H and O–H groups in total. The minimum Gasteiger partial charge on any atom is -0.481 e. The molecule has 0 aliphatic heterocycles. The van der Waals surface area contributed by atoms with Crippen LogP contribution in [0.25, 0.3) is 0 Å². The summed E-state index contributed by atoms with van der Waals surface area (Å²) in [4.78, 5) is 16.0. The Bertz CT molecular complexity index is 609. The highest BCUT2D eigenvalue weighted by atomic mass is 16.5. The van der Waals surface area contributed by atoms with E-state index in [1.807, 2.05) is 6.92 Å². The summed E-state index contributed by atoms with van der Waals surface area (Å²) in [5.41, 5.74) is 8.12. The third-order valence-electron chi connectivity index (χ3n) is 2.91. The Balaban J connectivity index is 2.02. The Labute approximate surface area is 116 Å². The molecule has 2 rings (SSSR count). The second kappa shape index (κ2) is 6.05. The summed E-state index contributed by atoms with van der Waals surface area (Å²) in [5.74, 6) is 0.193. The second-order valence-corrected chi connectivity index (χ2v) is 4.21. The summed E-state index contributed by atoms with van der Waals surface area (Å²) in [6.45, 7) is 2.29.